The van der Waals surface area contributed by atoms with Crippen LogP contribution in [0.15, 0.2) is 76.6 Å². The zero-order valence-electron chi connectivity index (χ0n) is 15.0. The van der Waals surface area contributed by atoms with Crippen LogP contribution in [0.1, 0.15) is 0 Å². The Balaban J connectivity index is 1.27. The molecule has 29 heavy (non-hydrogen) atoms. The van der Waals surface area contributed by atoms with Gasteiger partial charge < -0.3 is 9.73 Å². The average molecular weight is 402 g/mol. The van der Waals surface area contributed by atoms with Crippen molar-refractivity contribution < 1.29 is 9.21 Å². The van der Waals surface area contributed by atoms with Crippen LogP contribution in [-0.4, -0.2) is 36.5 Å². The number of para-hydroxylation sites is 2. The molecular weight excluding hydrogens is 388 g/mol. The van der Waals surface area contributed by atoms with Crippen LogP contribution in [0, 0.1) is 0 Å². The normalized spacial score (nSPS) is 11.2. The van der Waals surface area contributed by atoms with Crippen LogP contribution in [0.2, 0.25) is 0 Å². The number of anilines is 1. The summed E-state index contributed by atoms with van der Waals surface area (Å²) in [5.74, 6) is 0.0544. The lowest BCUT2D eigenvalue weighted by molar-refractivity contribution is -0.113. The molecule has 0 saturated carbocycles. The summed E-state index contributed by atoms with van der Waals surface area (Å²) >= 11 is 1.26. The molecular formula is C20H14N6O2S. The van der Waals surface area contributed by atoms with Crippen LogP contribution < -0.4 is 5.32 Å². The molecule has 0 bridgehead atoms. The molecule has 0 aliphatic carbocycles. The summed E-state index contributed by atoms with van der Waals surface area (Å²) in [6.07, 6.45) is 1.55. The van der Waals surface area contributed by atoms with Crippen molar-refractivity contribution in [2.45, 2.75) is 5.22 Å². The monoisotopic (exact) mass is 402 g/mol. The first-order valence-corrected chi connectivity index (χ1v) is 9.79. The molecule has 0 saturated heterocycles. The lowest BCUT2D eigenvalue weighted by atomic mass is 10.1. The van der Waals surface area contributed by atoms with E-state index >= 15 is 0 Å². The van der Waals surface area contributed by atoms with Gasteiger partial charge in [0.1, 0.15) is 11.8 Å². The maximum Gasteiger partial charge on any atom is 0.257 e. The Hall–Kier alpha value is -3.72. The predicted molar refractivity (Wildman–Crippen MR) is 110 cm³/mol. The smallest absolute Gasteiger partial charge is 0.257 e. The minimum Gasteiger partial charge on any atom is -0.431 e. The topological polar surface area (TPSA) is 98.2 Å². The second-order valence-corrected chi connectivity index (χ2v) is 7.14. The number of oxazole rings is 1. The third-order valence-electron chi connectivity index (χ3n) is 4.20. The first-order chi connectivity index (χ1) is 14.2. The molecule has 5 rings (SSSR count). The number of hydrogen-bond acceptors (Lipinski definition) is 7. The molecule has 2 aromatic carbocycles. The van der Waals surface area contributed by atoms with Crippen molar-refractivity contribution in [2.75, 3.05) is 11.1 Å². The lowest BCUT2D eigenvalue weighted by Gasteiger charge is -2.07. The van der Waals surface area contributed by atoms with E-state index in [-0.39, 0.29) is 11.7 Å². The van der Waals surface area contributed by atoms with Gasteiger partial charge in [0.15, 0.2) is 11.2 Å². The molecule has 0 fully saturated rings. The first-order valence-electron chi connectivity index (χ1n) is 8.80. The van der Waals surface area contributed by atoms with Crippen LogP contribution in [0.4, 0.5) is 5.69 Å². The second kappa shape index (κ2) is 7.36. The van der Waals surface area contributed by atoms with Gasteiger partial charge in [0.05, 0.1) is 11.4 Å². The van der Waals surface area contributed by atoms with E-state index < -0.39 is 0 Å². The van der Waals surface area contributed by atoms with E-state index in [9.17, 15) is 4.79 Å². The minimum absolute atomic E-state index is 0.142. The maximum absolute atomic E-state index is 12.4. The van der Waals surface area contributed by atoms with Gasteiger partial charge >= 0.3 is 0 Å². The van der Waals surface area contributed by atoms with Gasteiger partial charge in [0.25, 0.3) is 5.22 Å². The highest BCUT2D eigenvalue weighted by Crippen LogP contribution is 2.24. The number of thioether (sulfide) groups is 1. The summed E-state index contributed by atoms with van der Waals surface area (Å²) in [4.78, 5) is 16.7. The summed E-state index contributed by atoms with van der Waals surface area (Å²) in [6.45, 7) is 0. The number of nitrogens with zero attached hydrogens (tertiary/aromatic N) is 5. The van der Waals surface area contributed by atoms with Crippen LogP contribution >= 0.6 is 11.8 Å². The molecule has 1 amide bonds. The highest BCUT2D eigenvalue weighted by molar-refractivity contribution is 7.99. The average Bonchev–Trinajstić information content (AvgIpc) is 3.38. The van der Waals surface area contributed by atoms with E-state index in [1.54, 1.807) is 10.8 Å². The number of carbonyl (C=O) groups is 1. The molecule has 0 aliphatic rings. The van der Waals surface area contributed by atoms with Crippen LogP contribution in [0.5, 0.6) is 0 Å². The van der Waals surface area contributed by atoms with Gasteiger partial charge in [0.2, 0.25) is 5.91 Å². The predicted octanol–water partition coefficient (Wildman–Crippen LogP) is 3.66. The molecule has 9 heteroatoms. The van der Waals surface area contributed by atoms with Crippen molar-refractivity contribution in [2.24, 2.45) is 0 Å². The zero-order chi connectivity index (χ0) is 19.6. The van der Waals surface area contributed by atoms with Crippen molar-refractivity contribution in [3.8, 4) is 11.3 Å². The fraction of sp³-hybridized carbons (Fsp3) is 0.0500. The Labute approximate surface area is 169 Å². The van der Waals surface area contributed by atoms with E-state index in [1.165, 1.54) is 11.8 Å². The third kappa shape index (κ3) is 3.67. The van der Waals surface area contributed by atoms with Crippen LogP contribution in [0.3, 0.4) is 0 Å². The van der Waals surface area contributed by atoms with Gasteiger partial charge in [-0.3, -0.25) is 4.79 Å². The summed E-state index contributed by atoms with van der Waals surface area (Å²) in [5.41, 5.74) is 4.49. The van der Waals surface area contributed by atoms with E-state index in [0.29, 0.717) is 22.1 Å². The Kier molecular flexibility index (Phi) is 4.41. The van der Waals surface area contributed by atoms with Crippen molar-refractivity contribution in [1.29, 1.82) is 0 Å². The molecule has 0 unspecified atom stereocenters. The largest absolute Gasteiger partial charge is 0.431 e. The summed E-state index contributed by atoms with van der Waals surface area (Å²) in [7, 11) is 0. The van der Waals surface area contributed by atoms with E-state index in [2.05, 4.69) is 25.6 Å². The standard InChI is InChI=1S/C20H14N6O2S/c27-19(11-29-20-23-16-6-1-2-7-17(16)28-20)22-14-5-3-4-13(10-14)15-8-9-18-24-21-12-26(18)25-15/h1-10,12H,11H2,(H,22,27). The van der Waals surface area contributed by atoms with Crippen molar-refractivity contribution in [3.05, 3.63) is 67.0 Å². The molecule has 0 aliphatic heterocycles. The quantitative estimate of drug-likeness (QED) is 0.448. The number of benzene rings is 2. The van der Waals surface area contributed by atoms with Crippen molar-refractivity contribution >= 4 is 40.1 Å². The van der Waals surface area contributed by atoms with Gasteiger partial charge in [-0.25, -0.2) is 4.98 Å². The van der Waals surface area contributed by atoms with Gasteiger partial charge in [-0.15, -0.1) is 10.2 Å². The van der Waals surface area contributed by atoms with E-state index in [0.717, 1.165) is 16.8 Å². The minimum atomic E-state index is -0.142. The number of rotatable bonds is 5. The molecule has 0 radical (unpaired) electrons. The molecule has 5 aromatic rings. The number of nitrogens with one attached hydrogen (secondary N) is 1. The Morgan fingerprint density at radius 3 is 2.97 bits per heavy atom. The number of carbonyl (C=O) groups excluding carboxylic acids is 1. The highest BCUT2D eigenvalue weighted by Gasteiger charge is 2.10. The summed E-state index contributed by atoms with van der Waals surface area (Å²) in [5, 5.41) is 15.6. The highest BCUT2D eigenvalue weighted by atomic mass is 32.2. The number of amides is 1. The zero-order valence-corrected chi connectivity index (χ0v) is 15.8. The summed E-state index contributed by atoms with van der Waals surface area (Å²) < 4.78 is 7.23. The Morgan fingerprint density at radius 2 is 2.03 bits per heavy atom. The Bertz CT molecular complexity index is 1300. The second-order valence-electron chi connectivity index (χ2n) is 6.22. The lowest BCUT2D eigenvalue weighted by Crippen LogP contribution is -2.14. The van der Waals surface area contributed by atoms with Gasteiger partial charge in [-0.1, -0.05) is 36.0 Å². The van der Waals surface area contributed by atoms with Crippen LogP contribution in [-0.2, 0) is 4.79 Å². The molecule has 142 valence electrons. The molecule has 3 aromatic heterocycles. The van der Waals surface area contributed by atoms with E-state index in [4.69, 9.17) is 4.42 Å². The van der Waals surface area contributed by atoms with Crippen LogP contribution in [0.25, 0.3) is 28.0 Å². The third-order valence-corrected chi connectivity index (χ3v) is 5.03. The van der Waals surface area contributed by atoms with Gasteiger partial charge in [-0.05, 0) is 36.4 Å². The fourth-order valence-electron chi connectivity index (χ4n) is 2.88. The molecule has 0 atom stereocenters. The number of hydrogen-bond donors (Lipinski definition) is 1. The molecule has 0 spiro atoms. The van der Waals surface area contributed by atoms with Gasteiger partial charge in [-0.2, -0.15) is 9.61 Å². The number of aromatic nitrogens is 5. The van der Waals surface area contributed by atoms with Gasteiger partial charge in [0, 0.05) is 11.3 Å². The maximum atomic E-state index is 12.4. The summed E-state index contributed by atoms with van der Waals surface area (Å²) in [6, 6.07) is 18.7. The molecule has 3 heterocycles. The fourth-order valence-corrected chi connectivity index (χ4v) is 3.51. The SMILES string of the molecule is O=C(CSc1nc2ccccc2o1)Nc1cccc(-c2ccc3nncn3n2)c1. The Morgan fingerprint density at radius 1 is 1.10 bits per heavy atom. The number of fused-ring (bicyclic) bond motifs is 2. The van der Waals surface area contributed by atoms with Crippen molar-refractivity contribution in [1.82, 2.24) is 24.8 Å². The first kappa shape index (κ1) is 17.4. The molecule has 8 nitrogen and oxygen atoms in total. The van der Waals surface area contributed by atoms with Crippen molar-refractivity contribution in [3.63, 3.8) is 0 Å². The molecule has 1 N–H and O–H groups in total. The van der Waals surface area contributed by atoms with E-state index in [1.807, 2.05) is 60.7 Å².